The van der Waals surface area contributed by atoms with Crippen LogP contribution < -0.4 is 4.74 Å². The lowest BCUT2D eigenvalue weighted by Gasteiger charge is -2.10. The van der Waals surface area contributed by atoms with Crippen LogP contribution in [-0.4, -0.2) is 15.1 Å². The van der Waals surface area contributed by atoms with Gasteiger partial charge in [-0.3, -0.25) is 4.98 Å². The van der Waals surface area contributed by atoms with Crippen LogP contribution in [0, 0.1) is 6.92 Å². The summed E-state index contributed by atoms with van der Waals surface area (Å²) in [5.74, 6) is 1.66. The number of nitrogens with zero attached hydrogens (tertiary/aromatic N) is 3. The predicted octanol–water partition coefficient (Wildman–Crippen LogP) is 3.58. The molecule has 0 spiro atoms. The summed E-state index contributed by atoms with van der Waals surface area (Å²) in [5, 5.41) is 3.93. The van der Waals surface area contributed by atoms with E-state index in [0.29, 0.717) is 17.4 Å². The van der Waals surface area contributed by atoms with Gasteiger partial charge in [0.2, 0.25) is 5.82 Å². The highest BCUT2D eigenvalue weighted by molar-refractivity contribution is 5.47. The van der Waals surface area contributed by atoms with Crippen LogP contribution in [0.3, 0.4) is 0 Å². The third kappa shape index (κ3) is 3.08. The molecule has 5 heteroatoms. The largest absolute Gasteiger partial charge is 0.481 e. The van der Waals surface area contributed by atoms with Crippen LogP contribution in [0.1, 0.15) is 24.5 Å². The van der Waals surface area contributed by atoms with Gasteiger partial charge in [0.15, 0.2) is 6.10 Å². The normalized spacial score (nSPS) is 12.1. The molecular formula is C16H15N3O2. The van der Waals surface area contributed by atoms with E-state index in [-0.39, 0.29) is 6.10 Å². The van der Waals surface area contributed by atoms with Gasteiger partial charge >= 0.3 is 0 Å². The molecule has 0 fully saturated rings. The van der Waals surface area contributed by atoms with Gasteiger partial charge in [-0.25, -0.2) is 0 Å². The molecule has 3 aromatic rings. The van der Waals surface area contributed by atoms with Gasteiger partial charge in [-0.2, -0.15) is 4.98 Å². The molecule has 0 aliphatic rings. The van der Waals surface area contributed by atoms with Crippen LogP contribution >= 0.6 is 0 Å². The van der Waals surface area contributed by atoms with Gasteiger partial charge in [-0.05, 0) is 38.1 Å². The fourth-order valence-electron chi connectivity index (χ4n) is 1.87. The third-order valence-electron chi connectivity index (χ3n) is 3.02. The molecule has 21 heavy (non-hydrogen) atoms. The standard InChI is InChI=1S/C16H15N3O2/c1-11-6-8-13(9-7-11)20-12(2)16-18-15(19-21-16)14-5-3-4-10-17-14/h3-10,12H,1-2H3. The number of benzene rings is 1. The van der Waals surface area contributed by atoms with Crippen molar-refractivity contribution in [2.75, 3.05) is 0 Å². The summed E-state index contributed by atoms with van der Waals surface area (Å²) < 4.78 is 11.0. The average Bonchev–Trinajstić information content (AvgIpc) is 3.00. The first kappa shape index (κ1) is 13.3. The second kappa shape index (κ2) is 5.75. The fraction of sp³-hybridized carbons (Fsp3) is 0.188. The van der Waals surface area contributed by atoms with E-state index in [1.54, 1.807) is 6.20 Å². The highest BCUT2D eigenvalue weighted by atomic mass is 16.5. The second-order valence-corrected chi connectivity index (χ2v) is 4.74. The minimum atomic E-state index is -0.322. The van der Waals surface area contributed by atoms with Crippen molar-refractivity contribution in [3.63, 3.8) is 0 Å². The van der Waals surface area contributed by atoms with E-state index in [9.17, 15) is 0 Å². The van der Waals surface area contributed by atoms with Crippen molar-refractivity contribution < 1.29 is 9.26 Å². The Morgan fingerprint density at radius 3 is 2.62 bits per heavy atom. The van der Waals surface area contributed by atoms with Gasteiger partial charge in [-0.15, -0.1) is 0 Å². The number of hydrogen-bond donors (Lipinski definition) is 0. The quantitative estimate of drug-likeness (QED) is 0.731. The van der Waals surface area contributed by atoms with Gasteiger partial charge in [-0.1, -0.05) is 28.9 Å². The van der Waals surface area contributed by atoms with Crippen molar-refractivity contribution in [1.29, 1.82) is 0 Å². The molecule has 0 N–H and O–H groups in total. The molecule has 1 atom stereocenters. The van der Waals surface area contributed by atoms with Gasteiger partial charge in [0.25, 0.3) is 5.89 Å². The van der Waals surface area contributed by atoms with Gasteiger partial charge in [0.05, 0.1) is 0 Å². The summed E-state index contributed by atoms with van der Waals surface area (Å²) in [4.78, 5) is 8.52. The van der Waals surface area contributed by atoms with Crippen molar-refractivity contribution >= 4 is 0 Å². The summed E-state index contributed by atoms with van der Waals surface area (Å²) in [6.07, 6.45) is 1.37. The first-order valence-electron chi connectivity index (χ1n) is 6.71. The van der Waals surface area contributed by atoms with Crippen LogP contribution in [0.2, 0.25) is 0 Å². The summed E-state index contributed by atoms with van der Waals surface area (Å²) in [6.45, 7) is 3.90. The fourth-order valence-corrected chi connectivity index (χ4v) is 1.87. The molecule has 0 radical (unpaired) electrons. The van der Waals surface area contributed by atoms with Crippen LogP contribution in [0.25, 0.3) is 11.5 Å². The molecule has 0 saturated heterocycles. The third-order valence-corrected chi connectivity index (χ3v) is 3.02. The minimum Gasteiger partial charge on any atom is -0.481 e. The first-order chi connectivity index (χ1) is 10.2. The van der Waals surface area contributed by atoms with Gasteiger partial charge in [0, 0.05) is 6.20 Å². The van der Waals surface area contributed by atoms with E-state index in [1.807, 2.05) is 56.3 Å². The Hall–Kier alpha value is -2.69. The highest BCUT2D eigenvalue weighted by Crippen LogP contribution is 2.22. The molecule has 3 rings (SSSR count). The zero-order chi connectivity index (χ0) is 14.7. The molecule has 106 valence electrons. The Kier molecular flexibility index (Phi) is 3.64. The summed E-state index contributed by atoms with van der Waals surface area (Å²) in [6, 6.07) is 13.4. The molecule has 1 aromatic carbocycles. The molecule has 0 saturated carbocycles. The number of aromatic nitrogens is 3. The van der Waals surface area contributed by atoms with Crippen molar-refractivity contribution in [3.8, 4) is 17.3 Å². The van der Waals surface area contributed by atoms with Crippen molar-refractivity contribution in [2.24, 2.45) is 0 Å². The maximum Gasteiger partial charge on any atom is 0.267 e. The van der Waals surface area contributed by atoms with E-state index in [2.05, 4.69) is 15.1 Å². The number of hydrogen-bond acceptors (Lipinski definition) is 5. The van der Waals surface area contributed by atoms with E-state index < -0.39 is 0 Å². The Bertz CT molecular complexity index is 708. The van der Waals surface area contributed by atoms with E-state index >= 15 is 0 Å². The molecule has 5 nitrogen and oxygen atoms in total. The van der Waals surface area contributed by atoms with Gasteiger partial charge < -0.3 is 9.26 Å². The van der Waals surface area contributed by atoms with Crippen molar-refractivity contribution in [1.82, 2.24) is 15.1 Å². The molecule has 0 bridgehead atoms. The summed E-state index contributed by atoms with van der Waals surface area (Å²) in [5.41, 5.74) is 1.86. The maximum atomic E-state index is 5.79. The van der Waals surface area contributed by atoms with E-state index in [0.717, 1.165) is 5.75 Å². The molecule has 0 amide bonds. The molecule has 2 heterocycles. The van der Waals surface area contributed by atoms with E-state index in [4.69, 9.17) is 9.26 Å². The second-order valence-electron chi connectivity index (χ2n) is 4.74. The molecule has 0 aliphatic heterocycles. The highest BCUT2D eigenvalue weighted by Gasteiger charge is 2.17. The SMILES string of the molecule is Cc1ccc(OC(C)c2nc(-c3ccccn3)no2)cc1. The minimum absolute atomic E-state index is 0.322. The number of ether oxygens (including phenoxy) is 1. The van der Waals surface area contributed by atoms with Crippen LogP contribution in [0.15, 0.2) is 53.2 Å². The Labute approximate surface area is 122 Å². The number of rotatable bonds is 4. The lowest BCUT2D eigenvalue weighted by molar-refractivity contribution is 0.176. The zero-order valence-electron chi connectivity index (χ0n) is 11.9. The monoisotopic (exact) mass is 281 g/mol. The van der Waals surface area contributed by atoms with Crippen molar-refractivity contribution in [2.45, 2.75) is 20.0 Å². The average molecular weight is 281 g/mol. The lowest BCUT2D eigenvalue weighted by Crippen LogP contribution is -2.03. The Morgan fingerprint density at radius 1 is 1.10 bits per heavy atom. The van der Waals surface area contributed by atoms with Crippen LogP contribution in [0.5, 0.6) is 5.75 Å². The number of pyridine rings is 1. The van der Waals surface area contributed by atoms with Crippen LogP contribution in [0.4, 0.5) is 0 Å². The summed E-state index contributed by atoms with van der Waals surface area (Å²) >= 11 is 0. The predicted molar refractivity (Wildman–Crippen MR) is 77.8 cm³/mol. The molecule has 1 unspecified atom stereocenters. The lowest BCUT2D eigenvalue weighted by atomic mass is 10.2. The van der Waals surface area contributed by atoms with Gasteiger partial charge in [0.1, 0.15) is 11.4 Å². The van der Waals surface area contributed by atoms with Crippen molar-refractivity contribution in [3.05, 3.63) is 60.1 Å². The molecular weight excluding hydrogens is 266 g/mol. The smallest absolute Gasteiger partial charge is 0.267 e. The Balaban J connectivity index is 1.75. The Morgan fingerprint density at radius 2 is 1.90 bits per heavy atom. The first-order valence-corrected chi connectivity index (χ1v) is 6.71. The maximum absolute atomic E-state index is 5.79. The topological polar surface area (TPSA) is 61.0 Å². The zero-order valence-corrected chi connectivity index (χ0v) is 11.9. The summed E-state index contributed by atoms with van der Waals surface area (Å²) in [7, 11) is 0. The molecule has 2 aromatic heterocycles. The molecule has 0 aliphatic carbocycles. The number of aryl methyl sites for hydroxylation is 1. The van der Waals surface area contributed by atoms with Crippen LogP contribution in [-0.2, 0) is 0 Å². The van der Waals surface area contributed by atoms with E-state index in [1.165, 1.54) is 5.56 Å².